The van der Waals surface area contributed by atoms with Crippen LogP contribution < -0.4 is 5.73 Å². The maximum absolute atomic E-state index is 12.7. The van der Waals surface area contributed by atoms with Crippen molar-refractivity contribution in [1.29, 1.82) is 0 Å². The summed E-state index contributed by atoms with van der Waals surface area (Å²) in [7, 11) is 0. The molecule has 1 saturated heterocycles. The van der Waals surface area contributed by atoms with E-state index in [1.807, 2.05) is 18.4 Å². The Bertz CT molecular complexity index is 652. The zero-order valence-corrected chi connectivity index (χ0v) is 13.5. The number of aryl methyl sites for hydroxylation is 1. The van der Waals surface area contributed by atoms with Gasteiger partial charge in [0.25, 0.3) is 0 Å². The lowest BCUT2D eigenvalue weighted by atomic mass is 9.92. The summed E-state index contributed by atoms with van der Waals surface area (Å²) in [6.07, 6.45) is 5.55. The second kappa shape index (κ2) is 6.54. The number of hydrogen-bond acceptors (Lipinski definition) is 6. The van der Waals surface area contributed by atoms with Crippen LogP contribution in [-0.4, -0.2) is 33.7 Å². The summed E-state index contributed by atoms with van der Waals surface area (Å²) in [4.78, 5) is 23.9. The normalized spacial score (nSPS) is 19.2. The fourth-order valence-electron chi connectivity index (χ4n) is 2.93. The molecule has 116 valence electrons. The van der Waals surface area contributed by atoms with Gasteiger partial charge in [-0.2, -0.15) is 0 Å². The number of anilines is 1. The molecule has 5 nitrogen and oxygen atoms in total. The summed E-state index contributed by atoms with van der Waals surface area (Å²) < 4.78 is 0. The van der Waals surface area contributed by atoms with Crippen LogP contribution in [0.3, 0.4) is 0 Å². The predicted molar refractivity (Wildman–Crippen MR) is 87.8 cm³/mol. The minimum absolute atomic E-state index is 0.0980. The number of carbonyl (C=O) groups excluding carboxylic acids is 1. The van der Waals surface area contributed by atoms with Crippen LogP contribution in [0.2, 0.25) is 0 Å². The average molecular weight is 316 g/mol. The first kappa shape index (κ1) is 15.1. The number of aromatic nitrogens is 2. The molecule has 3 heterocycles. The Morgan fingerprint density at radius 2 is 2.23 bits per heavy atom. The Hall–Kier alpha value is -1.79. The van der Waals surface area contributed by atoms with E-state index >= 15 is 0 Å². The molecule has 2 aromatic rings. The van der Waals surface area contributed by atoms with Gasteiger partial charge in [0, 0.05) is 37.0 Å². The van der Waals surface area contributed by atoms with Crippen LogP contribution in [0.1, 0.15) is 33.6 Å². The highest BCUT2D eigenvalue weighted by atomic mass is 32.1. The standard InChI is InChI=1S/C16H20N4OS/c1-11-4-6-22-15(11)14(21)13-3-2-5-20(10-13)9-12-7-18-16(17)19-8-12/h4,6-8,13H,2-3,5,9-10H2,1H3,(H2,17,18,19)/t13-/m1/s1. The van der Waals surface area contributed by atoms with E-state index in [9.17, 15) is 4.79 Å². The summed E-state index contributed by atoms with van der Waals surface area (Å²) in [6, 6.07) is 2.02. The van der Waals surface area contributed by atoms with Crippen molar-refractivity contribution in [3.8, 4) is 0 Å². The van der Waals surface area contributed by atoms with E-state index in [-0.39, 0.29) is 5.92 Å². The van der Waals surface area contributed by atoms with Gasteiger partial charge in [-0.1, -0.05) is 0 Å². The van der Waals surface area contributed by atoms with Crippen LogP contribution in [0.4, 0.5) is 5.95 Å². The average Bonchev–Trinajstić information content (AvgIpc) is 2.95. The minimum Gasteiger partial charge on any atom is -0.368 e. The first-order valence-corrected chi connectivity index (χ1v) is 8.38. The molecule has 2 aromatic heterocycles. The molecule has 6 heteroatoms. The molecule has 0 aliphatic carbocycles. The number of rotatable bonds is 4. The molecular formula is C16H20N4OS. The molecule has 1 atom stereocenters. The number of hydrogen-bond donors (Lipinski definition) is 1. The largest absolute Gasteiger partial charge is 0.368 e. The number of likely N-dealkylation sites (tertiary alicyclic amines) is 1. The second-order valence-electron chi connectivity index (χ2n) is 5.82. The topological polar surface area (TPSA) is 72.1 Å². The lowest BCUT2D eigenvalue weighted by Gasteiger charge is -2.31. The van der Waals surface area contributed by atoms with Crippen LogP contribution in [-0.2, 0) is 6.54 Å². The lowest BCUT2D eigenvalue weighted by Crippen LogP contribution is -2.38. The fourth-order valence-corrected chi connectivity index (χ4v) is 3.87. The summed E-state index contributed by atoms with van der Waals surface area (Å²) >= 11 is 1.56. The van der Waals surface area contributed by atoms with Gasteiger partial charge in [0.15, 0.2) is 5.78 Å². The summed E-state index contributed by atoms with van der Waals surface area (Å²) in [5.74, 6) is 0.690. The molecule has 0 unspecified atom stereocenters. The smallest absolute Gasteiger partial charge is 0.219 e. The fraction of sp³-hybridized carbons (Fsp3) is 0.438. The molecule has 0 saturated carbocycles. The first-order valence-electron chi connectivity index (χ1n) is 7.50. The minimum atomic E-state index is 0.0980. The molecule has 3 rings (SSSR count). The number of thiophene rings is 1. The maximum Gasteiger partial charge on any atom is 0.219 e. The zero-order chi connectivity index (χ0) is 15.5. The van der Waals surface area contributed by atoms with Gasteiger partial charge < -0.3 is 5.73 Å². The van der Waals surface area contributed by atoms with Crippen molar-refractivity contribution in [2.45, 2.75) is 26.3 Å². The van der Waals surface area contributed by atoms with Gasteiger partial charge in [0.1, 0.15) is 0 Å². The van der Waals surface area contributed by atoms with Crippen LogP contribution in [0.25, 0.3) is 0 Å². The molecule has 1 aliphatic rings. The molecule has 0 radical (unpaired) electrons. The van der Waals surface area contributed by atoms with Crippen molar-refractivity contribution in [3.05, 3.63) is 39.8 Å². The summed E-state index contributed by atoms with van der Waals surface area (Å²) in [5.41, 5.74) is 7.64. The van der Waals surface area contributed by atoms with E-state index < -0.39 is 0 Å². The van der Waals surface area contributed by atoms with E-state index in [2.05, 4.69) is 14.9 Å². The Balaban J connectivity index is 1.65. The zero-order valence-electron chi connectivity index (χ0n) is 12.7. The van der Waals surface area contributed by atoms with Crippen LogP contribution >= 0.6 is 11.3 Å². The Morgan fingerprint density at radius 3 is 2.91 bits per heavy atom. The van der Waals surface area contributed by atoms with Gasteiger partial charge in [-0.05, 0) is 43.3 Å². The second-order valence-corrected chi connectivity index (χ2v) is 6.74. The van der Waals surface area contributed by atoms with E-state index in [0.717, 1.165) is 48.5 Å². The number of piperidine rings is 1. The number of carbonyl (C=O) groups is 1. The van der Waals surface area contributed by atoms with Crippen LogP contribution in [0, 0.1) is 12.8 Å². The highest BCUT2D eigenvalue weighted by molar-refractivity contribution is 7.12. The predicted octanol–water partition coefficient (Wildman–Crippen LogP) is 2.52. The molecule has 0 amide bonds. The third kappa shape index (κ3) is 3.34. The molecule has 0 spiro atoms. The molecule has 1 fully saturated rings. The first-order chi connectivity index (χ1) is 10.6. The highest BCUT2D eigenvalue weighted by Crippen LogP contribution is 2.26. The van der Waals surface area contributed by atoms with E-state index in [1.54, 1.807) is 23.7 Å². The molecular weight excluding hydrogens is 296 g/mol. The van der Waals surface area contributed by atoms with Crippen molar-refractivity contribution in [2.24, 2.45) is 5.92 Å². The van der Waals surface area contributed by atoms with Crippen molar-refractivity contribution in [3.63, 3.8) is 0 Å². The molecule has 0 aromatic carbocycles. The van der Waals surface area contributed by atoms with Gasteiger partial charge in [-0.25, -0.2) is 9.97 Å². The Labute approximate surface area is 134 Å². The van der Waals surface area contributed by atoms with E-state index in [0.29, 0.717) is 11.7 Å². The van der Waals surface area contributed by atoms with Crippen molar-refractivity contribution in [1.82, 2.24) is 14.9 Å². The van der Waals surface area contributed by atoms with Crippen LogP contribution in [0.5, 0.6) is 0 Å². The van der Waals surface area contributed by atoms with Gasteiger partial charge in [0.2, 0.25) is 5.95 Å². The van der Waals surface area contributed by atoms with Gasteiger partial charge >= 0.3 is 0 Å². The van der Waals surface area contributed by atoms with Crippen LogP contribution in [0.15, 0.2) is 23.8 Å². The summed E-state index contributed by atoms with van der Waals surface area (Å²) in [6.45, 7) is 4.60. The third-order valence-electron chi connectivity index (χ3n) is 4.09. The SMILES string of the molecule is Cc1ccsc1C(=O)[C@@H]1CCCN(Cc2cnc(N)nc2)C1. The molecule has 1 aliphatic heterocycles. The van der Waals surface area contributed by atoms with Gasteiger partial charge in [-0.15, -0.1) is 11.3 Å². The Kier molecular flexibility index (Phi) is 4.49. The van der Waals surface area contributed by atoms with E-state index in [4.69, 9.17) is 5.73 Å². The van der Waals surface area contributed by atoms with Gasteiger partial charge in [0.05, 0.1) is 4.88 Å². The number of ketones is 1. The molecule has 0 bridgehead atoms. The monoisotopic (exact) mass is 316 g/mol. The number of Topliss-reactive ketones (excluding diaryl/α,β-unsaturated/α-hetero) is 1. The number of nitrogen functional groups attached to an aromatic ring is 1. The quantitative estimate of drug-likeness (QED) is 0.878. The van der Waals surface area contributed by atoms with Crippen molar-refractivity contribution in [2.75, 3.05) is 18.8 Å². The van der Waals surface area contributed by atoms with Gasteiger partial charge in [-0.3, -0.25) is 9.69 Å². The third-order valence-corrected chi connectivity index (χ3v) is 5.12. The van der Waals surface area contributed by atoms with Crippen molar-refractivity contribution < 1.29 is 4.79 Å². The number of nitrogens with two attached hydrogens (primary N) is 1. The number of nitrogens with zero attached hydrogens (tertiary/aromatic N) is 3. The summed E-state index contributed by atoms with van der Waals surface area (Å²) in [5, 5.41) is 1.99. The van der Waals surface area contributed by atoms with E-state index in [1.165, 1.54) is 0 Å². The lowest BCUT2D eigenvalue weighted by molar-refractivity contribution is 0.0815. The highest BCUT2D eigenvalue weighted by Gasteiger charge is 2.28. The maximum atomic E-state index is 12.7. The molecule has 2 N–H and O–H groups in total. The molecule has 22 heavy (non-hydrogen) atoms. The Morgan fingerprint density at radius 1 is 1.45 bits per heavy atom. The van der Waals surface area contributed by atoms with Crippen molar-refractivity contribution >= 4 is 23.1 Å².